The molecule has 36 heavy (non-hydrogen) atoms. The molecule has 0 N–H and O–H groups in total. The van der Waals surface area contributed by atoms with E-state index in [4.69, 9.17) is 14.6 Å². The zero-order valence-electron chi connectivity index (χ0n) is 22.3. The van der Waals surface area contributed by atoms with E-state index >= 15 is 0 Å². The summed E-state index contributed by atoms with van der Waals surface area (Å²) >= 11 is 0. The van der Waals surface area contributed by atoms with Gasteiger partial charge in [-0.1, -0.05) is 30.3 Å². The number of amides is 1. The minimum Gasteiger partial charge on any atom is -0.487 e. The molecule has 0 aliphatic carbocycles. The Morgan fingerprint density at radius 2 is 1.75 bits per heavy atom. The number of piperidine rings is 1. The zero-order valence-corrected chi connectivity index (χ0v) is 22.3. The molecule has 6 heteroatoms. The number of ether oxygens (including phenoxy) is 2. The fourth-order valence-corrected chi connectivity index (χ4v) is 4.70. The minimum atomic E-state index is -0.467. The van der Waals surface area contributed by atoms with Gasteiger partial charge in [0.05, 0.1) is 17.1 Å². The summed E-state index contributed by atoms with van der Waals surface area (Å²) in [5, 5.41) is 4.71. The summed E-state index contributed by atoms with van der Waals surface area (Å²) < 4.78 is 13.8. The smallest absolute Gasteiger partial charge is 0.410 e. The molecule has 0 bridgehead atoms. The molecule has 1 amide bonds. The third-order valence-electron chi connectivity index (χ3n) is 6.80. The first-order valence-electron chi connectivity index (χ1n) is 13.0. The van der Waals surface area contributed by atoms with Crippen LogP contribution in [0, 0.1) is 13.8 Å². The minimum absolute atomic E-state index is 0.184. The summed E-state index contributed by atoms with van der Waals surface area (Å²) in [6.07, 6.45) is 4.92. The van der Waals surface area contributed by atoms with Gasteiger partial charge in [0.2, 0.25) is 0 Å². The average Bonchev–Trinajstić information content (AvgIpc) is 3.15. The number of para-hydroxylation sites is 1. The van der Waals surface area contributed by atoms with Crippen LogP contribution in [0.5, 0.6) is 5.75 Å². The van der Waals surface area contributed by atoms with E-state index in [9.17, 15) is 4.79 Å². The molecule has 4 rings (SSSR count). The SMILES string of the molecule is Cc1nn(-c2ccccc2)c(COc2ccc(CCC3CCCCN3C(=O)OC(C)(C)C)cc2)c1C. The van der Waals surface area contributed by atoms with Crippen LogP contribution >= 0.6 is 0 Å². The van der Waals surface area contributed by atoms with Gasteiger partial charge in [-0.15, -0.1) is 0 Å². The number of rotatable bonds is 7. The van der Waals surface area contributed by atoms with E-state index in [0.29, 0.717) is 6.61 Å². The summed E-state index contributed by atoms with van der Waals surface area (Å²) in [4.78, 5) is 14.6. The molecule has 2 aromatic carbocycles. The quantitative estimate of drug-likeness (QED) is 0.367. The van der Waals surface area contributed by atoms with Gasteiger partial charge in [-0.25, -0.2) is 9.48 Å². The first-order valence-corrected chi connectivity index (χ1v) is 13.0. The number of aromatic nitrogens is 2. The third-order valence-corrected chi connectivity index (χ3v) is 6.80. The van der Waals surface area contributed by atoms with Gasteiger partial charge < -0.3 is 14.4 Å². The van der Waals surface area contributed by atoms with Crippen molar-refractivity contribution < 1.29 is 14.3 Å². The summed E-state index contributed by atoms with van der Waals surface area (Å²) in [5.41, 5.74) is 5.03. The number of carbonyl (C=O) groups excluding carboxylic acids is 1. The lowest BCUT2D eigenvalue weighted by atomic mass is 9.96. The van der Waals surface area contributed by atoms with E-state index in [1.165, 1.54) is 5.56 Å². The molecule has 1 atom stereocenters. The number of aryl methyl sites for hydroxylation is 2. The van der Waals surface area contributed by atoms with Crippen LogP contribution < -0.4 is 4.74 Å². The molecule has 0 radical (unpaired) electrons. The Morgan fingerprint density at radius 1 is 1.03 bits per heavy atom. The standard InChI is InChI=1S/C30H39N3O3/c1-22-23(2)31-33(26-12-7-6-8-13-26)28(22)21-35-27-18-15-24(16-19-27)14-17-25-11-9-10-20-32(25)29(34)36-30(3,4)5/h6-8,12-13,15-16,18-19,25H,9-11,14,17,20-21H2,1-5H3. The van der Waals surface area contributed by atoms with E-state index in [0.717, 1.165) is 67.0 Å². The second kappa shape index (κ2) is 11.2. The Labute approximate surface area is 215 Å². The van der Waals surface area contributed by atoms with Crippen molar-refractivity contribution in [3.63, 3.8) is 0 Å². The van der Waals surface area contributed by atoms with Gasteiger partial charge in [-0.05, 0) is 102 Å². The molecule has 1 fully saturated rings. The predicted molar refractivity (Wildman–Crippen MR) is 143 cm³/mol. The van der Waals surface area contributed by atoms with Crippen LogP contribution in [0.15, 0.2) is 54.6 Å². The lowest BCUT2D eigenvalue weighted by Crippen LogP contribution is -2.46. The Balaban J connectivity index is 1.35. The molecule has 2 heterocycles. The Morgan fingerprint density at radius 3 is 2.44 bits per heavy atom. The lowest BCUT2D eigenvalue weighted by molar-refractivity contribution is 0.00891. The van der Waals surface area contributed by atoms with Crippen molar-refractivity contribution in [1.82, 2.24) is 14.7 Å². The van der Waals surface area contributed by atoms with E-state index in [2.05, 4.69) is 31.2 Å². The number of carbonyl (C=O) groups is 1. The molecule has 0 saturated carbocycles. The molecule has 6 nitrogen and oxygen atoms in total. The zero-order chi connectivity index (χ0) is 25.7. The number of nitrogens with zero attached hydrogens (tertiary/aromatic N) is 3. The van der Waals surface area contributed by atoms with Crippen molar-refractivity contribution in [2.75, 3.05) is 6.54 Å². The average molecular weight is 490 g/mol. The fraction of sp³-hybridized carbons (Fsp3) is 0.467. The van der Waals surface area contributed by atoms with Crippen LogP contribution in [-0.2, 0) is 17.8 Å². The normalized spacial score (nSPS) is 16.1. The Bertz CT molecular complexity index is 1150. The molecule has 1 aliphatic rings. The van der Waals surface area contributed by atoms with Crippen molar-refractivity contribution in [2.45, 2.75) is 85.0 Å². The van der Waals surface area contributed by atoms with Crippen LogP contribution in [-0.4, -0.2) is 39.0 Å². The van der Waals surface area contributed by atoms with E-state index in [1.807, 2.05) is 67.6 Å². The summed E-state index contributed by atoms with van der Waals surface area (Å²) in [7, 11) is 0. The Kier molecular flexibility index (Phi) is 8.02. The monoisotopic (exact) mass is 489 g/mol. The number of benzene rings is 2. The van der Waals surface area contributed by atoms with Gasteiger partial charge in [-0.3, -0.25) is 0 Å². The number of hydrogen-bond acceptors (Lipinski definition) is 4. The highest BCUT2D eigenvalue weighted by Crippen LogP contribution is 2.25. The summed E-state index contributed by atoms with van der Waals surface area (Å²) in [6, 6.07) is 18.7. The summed E-state index contributed by atoms with van der Waals surface area (Å²) in [5.74, 6) is 0.838. The topological polar surface area (TPSA) is 56.6 Å². The van der Waals surface area contributed by atoms with Gasteiger partial charge in [0.15, 0.2) is 0 Å². The van der Waals surface area contributed by atoms with Crippen LogP contribution in [0.1, 0.15) is 69.0 Å². The van der Waals surface area contributed by atoms with Gasteiger partial charge in [0, 0.05) is 12.6 Å². The molecule has 1 aliphatic heterocycles. The van der Waals surface area contributed by atoms with Crippen molar-refractivity contribution in [2.24, 2.45) is 0 Å². The maximum Gasteiger partial charge on any atom is 0.410 e. The van der Waals surface area contributed by atoms with Crippen LogP contribution in [0.3, 0.4) is 0 Å². The van der Waals surface area contributed by atoms with Crippen LogP contribution in [0.25, 0.3) is 5.69 Å². The van der Waals surface area contributed by atoms with E-state index in [1.54, 1.807) is 0 Å². The number of hydrogen-bond donors (Lipinski definition) is 0. The lowest BCUT2D eigenvalue weighted by Gasteiger charge is -2.37. The highest BCUT2D eigenvalue weighted by molar-refractivity contribution is 5.68. The second-order valence-corrected chi connectivity index (χ2v) is 10.7. The third kappa shape index (κ3) is 6.48. The molecule has 1 aromatic heterocycles. The van der Waals surface area contributed by atoms with E-state index < -0.39 is 5.60 Å². The van der Waals surface area contributed by atoms with Gasteiger partial charge in [-0.2, -0.15) is 5.10 Å². The first kappa shape index (κ1) is 25.8. The molecular weight excluding hydrogens is 450 g/mol. The maximum absolute atomic E-state index is 12.7. The number of likely N-dealkylation sites (tertiary alicyclic amines) is 1. The van der Waals surface area contributed by atoms with Crippen molar-refractivity contribution in [3.8, 4) is 11.4 Å². The molecular formula is C30H39N3O3. The van der Waals surface area contributed by atoms with Gasteiger partial charge in [0.25, 0.3) is 0 Å². The molecule has 192 valence electrons. The molecule has 1 unspecified atom stereocenters. The van der Waals surface area contributed by atoms with Crippen LogP contribution in [0.4, 0.5) is 4.79 Å². The maximum atomic E-state index is 12.7. The first-order chi connectivity index (χ1) is 17.2. The highest BCUT2D eigenvalue weighted by Gasteiger charge is 2.30. The molecule has 0 spiro atoms. The van der Waals surface area contributed by atoms with Crippen molar-refractivity contribution >= 4 is 6.09 Å². The summed E-state index contributed by atoms with van der Waals surface area (Å²) in [6.45, 7) is 11.1. The van der Waals surface area contributed by atoms with Crippen molar-refractivity contribution in [1.29, 1.82) is 0 Å². The fourth-order valence-electron chi connectivity index (χ4n) is 4.70. The molecule has 3 aromatic rings. The Hall–Kier alpha value is -3.28. The largest absolute Gasteiger partial charge is 0.487 e. The van der Waals surface area contributed by atoms with Crippen LogP contribution in [0.2, 0.25) is 0 Å². The van der Waals surface area contributed by atoms with Gasteiger partial charge >= 0.3 is 6.09 Å². The van der Waals surface area contributed by atoms with E-state index in [-0.39, 0.29) is 12.1 Å². The highest BCUT2D eigenvalue weighted by atomic mass is 16.6. The van der Waals surface area contributed by atoms with Crippen molar-refractivity contribution in [3.05, 3.63) is 77.1 Å². The molecule has 1 saturated heterocycles. The second-order valence-electron chi connectivity index (χ2n) is 10.7. The van der Waals surface area contributed by atoms with Gasteiger partial charge in [0.1, 0.15) is 18.0 Å². The predicted octanol–water partition coefficient (Wildman–Crippen LogP) is 6.79.